The number of nitrogens with one attached hydrogen (secondary N) is 1. The second kappa shape index (κ2) is 4.92. The van der Waals surface area contributed by atoms with Crippen molar-refractivity contribution < 1.29 is 9.13 Å². The van der Waals surface area contributed by atoms with Crippen LogP contribution in [0.2, 0.25) is 5.02 Å². The van der Waals surface area contributed by atoms with Crippen molar-refractivity contribution in [2.24, 2.45) is 0 Å². The molecule has 1 aromatic carbocycles. The third-order valence-electron chi connectivity index (χ3n) is 2.46. The molecule has 1 aliphatic rings. The minimum Gasteiger partial charge on any atom is -0.379 e. The van der Waals surface area contributed by atoms with E-state index in [9.17, 15) is 4.39 Å². The maximum atomic E-state index is 12.9. The van der Waals surface area contributed by atoms with E-state index in [2.05, 4.69) is 5.32 Å². The van der Waals surface area contributed by atoms with Crippen LogP contribution in [0.4, 0.5) is 4.39 Å². The van der Waals surface area contributed by atoms with Crippen molar-refractivity contribution in [2.45, 2.75) is 12.5 Å². The lowest BCUT2D eigenvalue weighted by Crippen LogP contribution is -2.42. The number of benzene rings is 1. The molecule has 0 aromatic heterocycles. The van der Waals surface area contributed by atoms with Gasteiger partial charge in [0.15, 0.2) is 0 Å². The highest BCUT2D eigenvalue weighted by molar-refractivity contribution is 6.30. The maximum Gasteiger partial charge on any atom is 0.141 e. The van der Waals surface area contributed by atoms with Gasteiger partial charge in [0.25, 0.3) is 0 Å². The van der Waals surface area contributed by atoms with Crippen LogP contribution < -0.4 is 5.32 Å². The number of halogens is 2. The lowest BCUT2D eigenvalue weighted by Gasteiger charge is -2.23. The van der Waals surface area contributed by atoms with Crippen LogP contribution in [0.1, 0.15) is 5.56 Å². The second-order valence-corrected chi connectivity index (χ2v) is 4.09. The Hall–Kier alpha value is -0.640. The fourth-order valence-electron chi connectivity index (χ4n) is 1.70. The summed E-state index contributed by atoms with van der Waals surface area (Å²) in [5.74, 6) is -0.367. The minimum atomic E-state index is -0.367. The van der Waals surface area contributed by atoms with Gasteiger partial charge in [-0.25, -0.2) is 4.39 Å². The number of morpholine rings is 1. The van der Waals surface area contributed by atoms with Crippen molar-refractivity contribution in [3.05, 3.63) is 34.6 Å². The van der Waals surface area contributed by atoms with Crippen LogP contribution in [0.3, 0.4) is 0 Å². The molecule has 0 saturated carbocycles. The zero-order valence-corrected chi connectivity index (χ0v) is 9.06. The Labute approximate surface area is 93.4 Å². The van der Waals surface area contributed by atoms with E-state index in [4.69, 9.17) is 16.3 Å². The highest BCUT2D eigenvalue weighted by Crippen LogP contribution is 2.17. The molecule has 15 heavy (non-hydrogen) atoms. The van der Waals surface area contributed by atoms with Crippen molar-refractivity contribution in [2.75, 3.05) is 19.8 Å². The molecule has 4 heteroatoms. The van der Waals surface area contributed by atoms with Crippen molar-refractivity contribution in [1.82, 2.24) is 5.32 Å². The molecule has 1 heterocycles. The highest BCUT2D eigenvalue weighted by atomic mass is 35.5. The molecule has 0 aliphatic carbocycles. The Morgan fingerprint density at radius 2 is 2.40 bits per heavy atom. The van der Waals surface area contributed by atoms with Gasteiger partial charge in [0.05, 0.1) is 18.2 Å². The summed E-state index contributed by atoms with van der Waals surface area (Å²) in [5.41, 5.74) is 1.03. The first kappa shape index (κ1) is 10.9. The molecule has 1 fully saturated rings. The molecular weight excluding hydrogens is 217 g/mol. The molecule has 0 radical (unpaired) electrons. The largest absolute Gasteiger partial charge is 0.379 e. The topological polar surface area (TPSA) is 21.3 Å². The predicted octanol–water partition coefficient (Wildman–Crippen LogP) is 2.01. The van der Waals surface area contributed by atoms with Gasteiger partial charge in [-0.1, -0.05) is 17.7 Å². The van der Waals surface area contributed by atoms with Crippen molar-refractivity contribution in [1.29, 1.82) is 0 Å². The van der Waals surface area contributed by atoms with Gasteiger partial charge in [0.2, 0.25) is 0 Å². The molecule has 0 amide bonds. The fraction of sp³-hybridized carbons (Fsp3) is 0.455. The molecule has 1 saturated heterocycles. The molecule has 2 nitrogen and oxygen atoms in total. The van der Waals surface area contributed by atoms with Crippen molar-refractivity contribution in [3.8, 4) is 0 Å². The SMILES string of the molecule is Fc1ccc(CC2COCCN2)cc1Cl. The Morgan fingerprint density at radius 1 is 1.53 bits per heavy atom. The van der Waals surface area contributed by atoms with Gasteiger partial charge >= 0.3 is 0 Å². The lowest BCUT2D eigenvalue weighted by atomic mass is 10.1. The molecular formula is C11H13ClFNO. The lowest BCUT2D eigenvalue weighted by molar-refractivity contribution is 0.0770. The molecule has 82 valence electrons. The monoisotopic (exact) mass is 229 g/mol. The van der Waals surface area contributed by atoms with Gasteiger partial charge in [-0.05, 0) is 24.1 Å². The van der Waals surface area contributed by atoms with Crippen LogP contribution in [-0.2, 0) is 11.2 Å². The first-order chi connectivity index (χ1) is 7.25. The van der Waals surface area contributed by atoms with E-state index in [0.717, 1.165) is 25.1 Å². The number of rotatable bonds is 2. The summed E-state index contributed by atoms with van der Waals surface area (Å²) in [7, 11) is 0. The molecule has 0 spiro atoms. The van der Waals surface area contributed by atoms with E-state index < -0.39 is 0 Å². The summed E-state index contributed by atoms with van der Waals surface area (Å²) in [6.45, 7) is 2.34. The summed E-state index contributed by atoms with van der Waals surface area (Å²) in [4.78, 5) is 0. The van der Waals surface area contributed by atoms with E-state index in [1.165, 1.54) is 6.07 Å². The Balaban J connectivity index is 2.00. The Morgan fingerprint density at radius 3 is 3.07 bits per heavy atom. The Bertz CT molecular complexity index is 339. The summed E-state index contributed by atoms with van der Waals surface area (Å²) < 4.78 is 18.2. The number of hydrogen-bond donors (Lipinski definition) is 1. The van der Waals surface area contributed by atoms with Gasteiger partial charge in [-0.3, -0.25) is 0 Å². The van der Waals surface area contributed by atoms with E-state index in [0.29, 0.717) is 12.6 Å². The van der Waals surface area contributed by atoms with Crippen molar-refractivity contribution in [3.63, 3.8) is 0 Å². The molecule has 1 unspecified atom stereocenters. The minimum absolute atomic E-state index is 0.184. The first-order valence-corrected chi connectivity index (χ1v) is 5.38. The molecule has 1 aromatic rings. The van der Waals surface area contributed by atoms with Gasteiger partial charge in [0.1, 0.15) is 5.82 Å². The van der Waals surface area contributed by atoms with E-state index >= 15 is 0 Å². The summed E-state index contributed by atoms with van der Waals surface area (Å²) in [6.07, 6.45) is 0.819. The quantitative estimate of drug-likeness (QED) is 0.838. The van der Waals surface area contributed by atoms with Gasteiger partial charge in [-0.2, -0.15) is 0 Å². The summed E-state index contributed by atoms with van der Waals surface area (Å²) in [6, 6.07) is 5.15. The van der Waals surface area contributed by atoms with Crippen LogP contribution in [0.5, 0.6) is 0 Å². The summed E-state index contributed by atoms with van der Waals surface area (Å²) >= 11 is 5.70. The average molecular weight is 230 g/mol. The maximum absolute atomic E-state index is 12.9. The number of hydrogen-bond acceptors (Lipinski definition) is 2. The zero-order chi connectivity index (χ0) is 10.7. The van der Waals surface area contributed by atoms with Gasteiger partial charge in [0, 0.05) is 12.6 Å². The van der Waals surface area contributed by atoms with Crippen LogP contribution in [-0.4, -0.2) is 25.8 Å². The fourth-order valence-corrected chi connectivity index (χ4v) is 1.91. The predicted molar refractivity (Wildman–Crippen MR) is 57.7 cm³/mol. The van der Waals surface area contributed by atoms with Gasteiger partial charge < -0.3 is 10.1 Å². The van der Waals surface area contributed by atoms with Crippen molar-refractivity contribution >= 4 is 11.6 Å². The third kappa shape index (κ3) is 2.91. The highest BCUT2D eigenvalue weighted by Gasteiger charge is 2.13. The Kier molecular flexibility index (Phi) is 3.57. The van der Waals surface area contributed by atoms with Gasteiger partial charge in [-0.15, -0.1) is 0 Å². The van der Waals surface area contributed by atoms with Crippen LogP contribution in [0.25, 0.3) is 0 Å². The smallest absolute Gasteiger partial charge is 0.141 e. The van der Waals surface area contributed by atoms with Crippen LogP contribution in [0, 0.1) is 5.82 Å². The van der Waals surface area contributed by atoms with Crippen LogP contribution in [0.15, 0.2) is 18.2 Å². The van der Waals surface area contributed by atoms with E-state index in [1.807, 2.05) is 0 Å². The first-order valence-electron chi connectivity index (χ1n) is 5.01. The van der Waals surface area contributed by atoms with Crippen LogP contribution >= 0.6 is 11.6 Å². The second-order valence-electron chi connectivity index (χ2n) is 3.68. The normalized spacial score (nSPS) is 21.6. The molecule has 1 atom stereocenters. The average Bonchev–Trinajstić information content (AvgIpc) is 2.25. The molecule has 0 bridgehead atoms. The standard InChI is InChI=1S/C11H13ClFNO/c12-10-6-8(1-2-11(10)13)5-9-7-15-4-3-14-9/h1-2,6,9,14H,3-5,7H2. The molecule has 1 N–H and O–H groups in total. The number of ether oxygens (including phenoxy) is 1. The third-order valence-corrected chi connectivity index (χ3v) is 2.75. The summed E-state index contributed by atoms with van der Waals surface area (Å²) in [5, 5.41) is 3.52. The van der Waals surface area contributed by atoms with E-state index in [1.54, 1.807) is 12.1 Å². The van der Waals surface area contributed by atoms with E-state index in [-0.39, 0.29) is 10.8 Å². The molecule has 2 rings (SSSR count). The zero-order valence-electron chi connectivity index (χ0n) is 8.30. The molecule has 1 aliphatic heterocycles.